The Balaban J connectivity index is 1.36. The van der Waals surface area contributed by atoms with E-state index in [4.69, 9.17) is 9.47 Å². The van der Waals surface area contributed by atoms with Crippen LogP contribution in [0, 0.1) is 11.8 Å². The third-order valence-electron chi connectivity index (χ3n) is 5.48. The normalized spacial score (nSPS) is 20.9. The predicted molar refractivity (Wildman–Crippen MR) is 103 cm³/mol. The number of nitrogens with zero attached hydrogens (tertiary/aromatic N) is 1. The van der Waals surface area contributed by atoms with Crippen LogP contribution in [0.25, 0.3) is 0 Å². The summed E-state index contributed by atoms with van der Waals surface area (Å²) in [7, 11) is 1.58. The molecule has 1 heterocycles. The number of esters is 1. The monoisotopic (exact) mass is 402 g/mol. The maximum absolute atomic E-state index is 12.4. The number of carbonyl (C=O) groups excluding carboxylic acids is 4. The fourth-order valence-electron chi connectivity index (χ4n) is 3.87. The summed E-state index contributed by atoms with van der Waals surface area (Å²) in [5.74, 6) is -1.11. The van der Waals surface area contributed by atoms with E-state index in [1.165, 1.54) is 4.90 Å². The van der Waals surface area contributed by atoms with Gasteiger partial charge in [-0.3, -0.25) is 24.1 Å². The smallest absolute Gasteiger partial charge is 0.308 e. The highest BCUT2D eigenvalue weighted by atomic mass is 16.5. The second-order valence-electron chi connectivity index (χ2n) is 7.36. The molecule has 1 aliphatic heterocycles. The lowest BCUT2D eigenvalue weighted by atomic mass is 9.81. The number of ether oxygens (including phenoxy) is 2. The van der Waals surface area contributed by atoms with E-state index in [0.29, 0.717) is 6.54 Å². The van der Waals surface area contributed by atoms with Gasteiger partial charge in [-0.2, -0.15) is 0 Å². The van der Waals surface area contributed by atoms with Crippen LogP contribution in [0.1, 0.15) is 37.7 Å². The van der Waals surface area contributed by atoms with E-state index in [2.05, 4.69) is 5.32 Å². The number of nitrogens with one attached hydrogen (secondary N) is 1. The first-order valence-corrected chi connectivity index (χ1v) is 9.90. The minimum absolute atomic E-state index is 0.0109. The van der Waals surface area contributed by atoms with E-state index in [1.807, 2.05) is 12.1 Å². The molecule has 1 aromatic rings. The van der Waals surface area contributed by atoms with E-state index in [-0.39, 0.29) is 36.6 Å². The minimum atomic E-state index is -0.611. The molecule has 0 unspecified atom stereocenters. The number of amides is 3. The van der Waals surface area contributed by atoms with Crippen molar-refractivity contribution in [3.05, 3.63) is 29.8 Å². The molecule has 2 aliphatic rings. The molecule has 156 valence electrons. The van der Waals surface area contributed by atoms with Crippen LogP contribution in [0.5, 0.6) is 5.75 Å². The van der Waals surface area contributed by atoms with Crippen LogP contribution in [-0.2, 0) is 30.5 Å². The molecule has 3 amide bonds. The van der Waals surface area contributed by atoms with E-state index < -0.39 is 18.5 Å². The first kappa shape index (κ1) is 20.8. The first-order chi connectivity index (χ1) is 14.0. The van der Waals surface area contributed by atoms with Crippen LogP contribution < -0.4 is 10.1 Å². The fourth-order valence-corrected chi connectivity index (χ4v) is 3.87. The summed E-state index contributed by atoms with van der Waals surface area (Å²) < 4.78 is 10.0. The second kappa shape index (κ2) is 9.54. The zero-order valence-corrected chi connectivity index (χ0v) is 16.5. The summed E-state index contributed by atoms with van der Waals surface area (Å²) in [5.41, 5.74) is 0.887. The molecule has 0 radical (unpaired) electrons. The zero-order chi connectivity index (χ0) is 20.8. The Morgan fingerprint density at radius 1 is 1.07 bits per heavy atom. The van der Waals surface area contributed by atoms with Crippen LogP contribution in [0.2, 0.25) is 0 Å². The van der Waals surface area contributed by atoms with Crippen molar-refractivity contribution >= 4 is 23.7 Å². The molecule has 2 fully saturated rings. The molecule has 1 aliphatic carbocycles. The quantitative estimate of drug-likeness (QED) is 0.521. The number of hydrogen-bond donors (Lipinski definition) is 1. The van der Waals surface area contributed by atoms with Gasteiger partial charge >= 0.3 is 5.97 Å². The molecule has 29 heavy (non-hydrogen) atoms. The van der Waals surface area contributed by atoms with Gasteiger partial charge in [0.15, 0.2) is 6.61 Å². The van der Waals surface area contributed by atoms with Crippen LogP contribution in [0.15, 0.2) is 24.3 Å². The summed E-state index contributed by atoms with van der Waals surface area (Å²) in [6.07, 6.45) is 3.29. The summed E-state index contributed by atoms with van der Waals surface area (Å²) in [4.78, 5) is 49.7. The van der Waals surface area contributed by atoms with Crippen LogP contribution >= 0.6 is 0 Å². The van der Waals surface area contributed by atoms with Gasteiger partial charge in [-0.1, -0.05) is 25.0 Å². The van der Waals surface area contributed by atoms with Crippen molar-refractivity contribution in [3.8, 4) is 5.75 Å². The number of rotatable bonds is 8. The third kappa shape index (κ3) is 5.13. The summed E-state index contributed by atoms with van der Waals surface area (Å²) in [6, 6.07) is 7.23. The van der Waals surface area contributed by atoms with Crippen LogP contribution in [-0.4, -0.2) is 48.9 Å². The summed E-state index contributed by atoms with van der Waals surface area (Å²) in [6.45, 7) is -0.0843. The van der Waals surface area contributed by atoms with Gasteiger partial charge in [0.25, 0.3) is 5.91 Å². The Kier molecular flexibility index (Phi) is 6.85. The number of fused-ring (bicyclic) bond motifs is 1. The highest BCUT2D eigenvalue weighted by Gasteiger charge is 2.47. The molecule has 1 saturated carbocycles. The van der Waals surface area contributed by atoms with Crippen LogP contribution in [0.3, 0.4) is 0 Å². The highest BCUT2D eigenvalue weighted by molar-refractivity contribution is 6.05. The average molecular weight is 402 g/mol. The number of methoxy groups -OCH3 is 1. The number of hydrogen-bond acceptors (Lipinski definition) is 6. The van der Waals surface area contributed by atoms with Crippen molar-refractivity contribution < 1.29 is 28.7 Å². The molecule has 0 bridgehead atoms. The topological polar surface area (TPSA) is 102 Å². The van der Waals surface area contributed by atoms with E-state index >= 15 is 0 Å². The molecule has 8 heteroatoms. The van der Waals surface area contributed by atoms with Gasteiger partial charge in [0, 0.05) is 13.1 Å². The highest BCUT2D eigenvalue weighted by Crippen LogP contribution is 2.37. The predicted octanol–water partition coefficient (Wildman–Crippen LogP) is 1.42. The van der Waals surface area contributed by atoms with Gasteiger partial charge in [-0.25, -0.2) is 0 Å². The molecule has 0 spiro atoms. The van der Waals surface area contributed by atoms with Crippen molar-refractivity contribution in [2.75, 3.05) is 20.3 Å². The molecule has 1 aromatic carbocycles. The van der Waals surface area contributed by atoms with Crippen molar-refractivity contribution in [2.45, 2.75) is 38.6 Å². The molecule has 1 N–H and O–H groups in total. The van der Waals surface area contributed by atoms with Gasteiger partial charge in [-0.15, -0.1) is 0 Å². The number of carbonyl (C=O) groups is 4. The van der Waals surface area contributed by atoms with E-state index in [1.54, 1.807) is 19.2 Å². The molecule has 8 nitrogen and oxygen atoms in total. The van der Waals surface area contributed by atoms with Crippen LogP contribution in [0.4, 0.5) is 0 Å². The van der Waals surface area contributed by atoms with Gasteiger partial charge in [0.2, 0.25) is 11.8 Å². The lowest BCUT2D eigenvalue weighted by Gasteiger charge is -2.19. The lowest BCUT2D eigenvalue weighted by molar-refractivity contribution is -0.150. The summed E-state index contributed by atoms with van der Waals surface area (Å²) >= 11 is 0. The van der Waals surface area contributed by atoms with Gasteiger partial charge in [-0.05, 0) is 30.5 Å². The summed E-state index contributed by atoms with van der Waals surface area (Å²) in [5, 5.41) is 2.66. The van der Waals surface area contributed by atoms with Gasteiger partial charge in [0.05, 0.1) is 25.4 Å². The molecular weight excluding hydrogens is 376 g/mol. The fraction of sp³-hybridized carbons (Fsp3) is 0.524. The average Bonchev–Trinajstić information content (AvgIpc) is 2.99. The number of likely N-dealkylation sites (tertiary alicyclic amines) is 1. The van der Waals surface area contributed by atoms with Crippen molar-refractivity contribution in [1.29, 1.82) is 0 Å². The maximum Gasteiger partial charge on any atom is 0.308 e. The Hall–Kier alpha value is -2.90. The lowest BCUT2D eigenvalue weighted by Crippen LogP contribution is -2.34. The van der Waals surface area contributed by atoms with E-state index in [0.717, 1.165) is 37.0 Å². The van der Waals surface area contributed by atoms with Crippen molar-refractivity contribution in [2.24, 2.45) is 11.8 Å². The Morgan fingerprint density at radius 2 is 1.69 bits per heavy atom. The third-order valence-corrected chi connectivity index (χ3v) is 5.48. The van der Waals surface area contributed by atoms with Crippen molar-refractivity contribution in [3.63, 3.8) is 0 Å². The Labute approximate surface area is 169 Å². The zero-order valence-electron chi connectivity index (χ0n) is 16.5. The second-order valence-corrected chi connectivity index (χ2v) is 7.36. The Bertz CT molecular complexity index is 752. The molecule has 2 atom stereocenters. The molecule has 0 aromatic heterocycles. The number of benzene rings is 1. The first-order valence-electron chi connectivity index (χ1n) is 9.90. The molecule has 1 saturated heterocycles. The van der Waals surface area contributed by atoms with Gasteiger partial charge < -0.3 is 14.8 Å². The number of imide groups is 1. The largest absolute Gasteiger partial charge is 0.497 e. The Morgan fingerprint density at radius 3 is 2.28 bits per heavy atom. The van der Waals surface area contributed by atoms with E-state index in [9.17, 15) is 19.2 Å². The minimum Gasteiger partial charge on any atom is -0.497 e. The maximum atomic E-state index is 12.4. The molecular formula is C21H26N2O6. The molecule has 3 rings (SSSR count). The standard InChI is InChI=1S/C21H26N2O6/c1-28-15-8-6-14(7-9-15)12-22-18(24)13-29-19(25)10-11-23-20(26)16-4-2-3-5-17(16)21(23)27/h6-9,16-17H,2-5,10-13H2,1H3,(H,22,24)/t16-,17+. The van der Waals surface area contributed by atoms with Gasteiger partial charge in [0.1, 0.15) is 5.75 Å². The SMILES string of the molecule is COc1ccc(CNC(=O)COC(=O)CCN2C(=O)[C@H]3CCCC[C@H]3C2=O)cc1. The van der Waals surface area contributed by atoms with Crippen molar-refractivity contribution in [1.82, 2.24) is 10.2 Å².